The lowest BCUT2D eigenvalue weighted by atomic mass is 10.3. The maximum absolute atomic E-state index is 12.1. The van der Waals surface area contributed by atoms with Crippen LogP contribution in [0.3, 0.4) is 0 Å². The molecule has 0 saturated carbocycles. The summed E-state index contributed by atoms with van der Waals surface area (Å²) < 4.78 is 9.13. The lowest BCUT2D eigenvalue weighted by Gasteiger charge is -2.12. The Labute approximate surface area is 154 Å². The molecule has 9 nitrogen and oxygen atoms in total. The molecule has 0 aromatic carbocycles. The summed E-state index contributed by atoms with van der Waals surface area (Å²) in [4.78, 5) is 43.2. The third kappa shape index (κ3) is 7.18. The van der Waals surface area contributed by atoms with E-state index in [1.165, 1.54) is 44.8 Å². The maximum atomic E-state index is 12.1. The molecule has 1 rings (SSSR count). The minimum atomic E-state index is -0.756. The number of aliphatic imine (C=N–C) groups is 1. The maximum Gasteiger partial charge on any atom is 0.345 e. The van der Waals surface area contributed by atoms with Crippen LogP contribution in [0.5, 0.6) is 0 Å². The molecule has 1 heterocycles. The standard InChI is InChI=1S/C16H18N4O5S/c1-4-7-18-16(20-19-14(22)11-5-8-17-9-6-11)26-12(15(23)25-3)10-13(21)24-2/h4-6,8-10H,1,7H2,2-3H3,(H,18,20)(H,19,22)/b12-10-. The van der Waals surface area contributed by atoms with Gasteiger partial charge in [0, 0.05) is 24.0 Å². The summed E-state index contributed by atoms with van der Waals surface area (Å²) in [5, 5.41) is 0.146. The SMILES string of the molecule is C=CCN=C(NNC(=O)c1ccncc1)S/C(=C\C(=O)OC)C(=O)OC. The molecule has 0 atom stereocenters. The van der Waals surface area contributed by atoms with E-state index in [0.29, 0.717) is 5.56 Å². The Bertz CT molecular complexity index is 719. The number of esters is 2. The fourth-order valence-corrected chi connectivity index (χ4v) is 2.20. The van der Waals surface area contributed by atoms with Gasteiger partial charge in [-0.1, -0.05) is 6.08 Å². The number of amides is 1. The highest BCUT2D eigenvalue weighted by atomic mass is 32.2. The number of carbonyl (C=O) groups is 3. The molecular weight excluding hydrogens is 360 g/mol. The van der Waals surface area contributed by atoms with Crippen molar-refractivity contribution in [2.45, 2.75) is 0 Å². The number of amidine groups is 1. The van der Waals surface area contributed by atoms with E-state index < -0.39 is 17.8 Å². The summed E-state index contributed by atoms with van der Waals surface area (Å²) in [6.07, 6.45) is 5.44. The van der Waals surface area contributed by atoms with Crippen molar-refractivity contribution in [3.05, 3.63) is 53.7 Å². The predicted molar refractivity (Wildman–Crippen MR) is 97.0 cm³/mol. The lowest BCUT2D eigenvalue weighted by Crippen LogP contribution is -2.40. The van der Waals surface area contributed by atoms with Crippen LogP contribution in [0.15, 0.2) is 53.2 Å². The van der Waals surface area contributed by atoms with Crippen LogP contribution in [-0.2, 0) is 19.1 Å². The predicted octanol–water partition coefficient (Wildman–Crippen LogP) is 0.821. The van der Waals surface area contributed by atoms with Crippen molar-refractivity contribution in [2.75, 3.05) is 20.8 Å². The second-order valence-electron chi connectivity index (χ2n) is 4.37. The summed E-state index contributed by atoms with van der Waals surface area (Å²) in [6, 6.07) is 3.06. The molecule has 0 aliphatic heterocycles. The van der Waals surface area contributed by atoms with Gasteiger partial charge >= 0.3 is 11.9 Å². The minimum Gasteiger partial charge on any atom is -0.466 e. The van der Waals surface area contributed by atoms with Crippen molar-refractivity contribution in [3.8, 4) is 0 Å². The molecule has 1 amide bonds. The molecule has 0 bridgehead atoms. The van der Waals surface area contributed by atoms with Gasteiger partial charge < -0.3 is 9.47 Å². The van der Waals surface area contributed by atoms with Crippen molar-refractivity contribution in [3.63, 3.8) is 0 Å². The van der Waals surface area contributed by atoms with Gasteiger partial charge in [0.1, 0.15) is 4.91 Å². The van der Waals surface area contributed by atoms with Gasteiger partial charge in [0.25, 0.3) is 5.91 Å². The van der Waals surface area contributed by atoms with Crippen molar-refractivity contribution in [1.29, 1.82) is 0 Å². The number of nitrogens with one attached hydrogen (secondary N) is 2. The van der Waals surface area contributed by atoms with E-state index in [-0.39, 0.29) is 16.6 Å². The van der Waals surface area contributed by atoms with E-state index in [9.17, 15) is 14.4 Å². The first-order chi connectivity index (χ1) is 12.5. The van der Waals surface area contributed by atoms with Gasteiger partial charge in [-0.05, 0) is 23.9 Å². The van der Waals surface area contributed by atoms with Crippen molar-refractivity contribution >= 4 is 34.8 Å². The van der Waals surface area contributed by atoms with Gasteiger partial charge in [0.2, 0.25) is 0 Å². The normalized spacial score (nSPS) is 11.3. The van der Waals surface area contributed by atoms with Crippen LogP contribution >= 0.6 is 11.8 Å². The highest BCUT2D eigenvalue weighted by molar-refractivity contribution is 8.17. The van der Waals surface area contributed by atoms with Gasteiger partial charge in [-0.3, -0.25) is 25.6 Å². The highest BCUT2D eigenvalue weighted by Crippen LogP contribution is 2.18. The number of hydrazine groups is 1. The van der Waals surface area contributed by atoms with Crippen LogP contribution in [-0.4, -0.2) is 48.8 Å². The number of pyridine rings is 1. The molecule has 2 N–H and O–H groups in total. The summed E-state index contributed by atoms with van der Waals surface area (Å²) in [5.41, 5.74) is 5.41. The summed E-state index contributed by atoms with van der Waals surface area (Å²) in [7, 11) is 2.35. The summed E-state index contributed by atoms with van der Waals surface area (Å²) in [6.45, 7) is 3.76. The molecule has 26 heavy (non-hydrogen) atoms. The first-order valence-electron chi connectivity index (χ1n) is 7.19. The van der Waals surface area contributed by atoms with Crippen LogP contribution in [0.25, 0.3) is 0 Å². The van der Waals surface area contributed by atoms with Gasteiger partial charge in [0.05, 0.1) is 20.8 Å². The van der Waals surface area contributed by atoms with E-state index in [1.807, 2.05) is 0 Å². The molecule has 0 spiro atoms. The number of carbonyl (C=O) groups excluding carboxylic acids is 3. The molecule has 0 aliphatic rings. The first kappa shape index (κ1) is 20.9. The number of methoxy groups -OCH3 is 2. The number of hydrogen-bond donors (Lipinski definition) is 2. The minimum absolute atomic E-state index is 0.0761. The van der Waals surface area contributed by atoms with Gasteiger partial charge in [0.15, 0.2) is 5.17 Å². The number of thioether (sulfide) groups is 1. The number of hydrogen-bond acceptors (Lipinski definition) is 8. The highest BCUT2D eigenvalue weighted by Gasteiger charge is 2.17. The van der Waals surface area contributed by atoms with Crippen molar-refractivity contribution < 1.29 is 23.9 Å². The van der Waals surface area contributed by atoms with E-state index in [1.54, 1.807) is 0 Å². The Balaban J connectivity index is 2.89. The smallest absolute Gasteiger partial charge is 0.345 e. The zero-order valence-corrected chi connectivity index (χ0v) is 15.0. The van der Waals surface area contributed by atoms with Crippen molar-refractivity contribution in [2.24, 2.45) is 4.99 Å². The Morgan fingerprint density at radius 2 is 1.92 bits per heavy atom. The van der Waals surface area contributed by atoms with E-state index >= 15 is 0 Å². The zero-order chi connectivity index (χ0) is 19.4. The largest absolute Gasteiger partial charge is 0.466 e. The number of nitrogens with zero attached hydrogens (tertiary/aromatic N) is 2. The molecule has 0 fully saturated rings. The first-order valence-corrected chi connectivity index (χ1v) is 8.01. The molecule has 1 aromatic rings. The van der Waals surface area contributed by atoms with Crippen molar-refractivity contribution in [1.82, 2.24) is 15.8 Å². The van der Waals surface area contributed by atoms with Crippen LogP contribution in [0.2, 0.25) is 0 Å². The van der Waals surface area contributed by atoms with Crippen LogP contribution < -0.4 is 10.9 Å². The fourth-order valence-electron chi connectivity index (χ4n) is 1.43. The average Bonchev–Trinajstić information content (AvgIpc) is 2.68. The molecule has 10 heteroatoms. The molecule has 0 unspecified atom stereocenters. The number of ether oxygens (including phenoxy) is 2. The third-order valence-corrected chi connectivity index (χ3v) is 3.56. The van der Waals surface area contributed by atoms with Gasteiger partial charge in [-0.15, -0.1) is 6.58 Å². The quantitative estimate of drug-likeness (QED) is 0.186. The number of aromatic nitrogens is 1. The topological polar surface area (TPSA) is 119 Å². The second-order valence-corrected chi connectivity index (χ2v) is 5.41. The molecule has 0 radical (unpaired) electrons. The Hall–Kier alpha value is -3.14. The Morgan fingerprint density at radius 1 is 1.23 bits per heavy atom. The van der Waals surface area contributed by atoms with Gasteiger partial charge in [-0.2, -0.15) is 0 Å². The Kier molecular flexibility index (Phi) is 9.18. The molecule has 1 aromatic heterocycles. The fraction of sp³-hybridized carbons (Fsp3) is 0.188. The summed E-state index contributed by atoms with van der Waals surface area (Å²) >= 11 is 0.793. The molecule has 138 valence electrons. The second kappa shape index (κ2) is 11.4. The average molecular weight is 378 g/mol. The van der Waals surface area contributed by atoms with Crippen LogP contribution in [0.1, 0.15) is 10.4 Å². The van der Waals surface area contributed by atoms with Gasteiger partial charge in [-0.25, -0.2) is 9.59 Å². The van der Waals surface area contributed by atoms with E-state index in [0.717, 1.165) is 17.8 Å². The van der Waals surface area contributed by atoms with E-state index in [4.69, 9.17) is 0 Å². The molecule has 0 aliphatic carbocycles. The third-order valence-electron chi connectivity index (χ3n) is 2.63. The summed E-state index contributed by atoms with van der Waals surface area (Å²) in [5.74, 6) is -1.92. The molecular formula is C16H18N4O5S. The molecule has 0 saturated heterocycles. The Morgan fingerprint density at radius 3 is 2.50 bits per heavy atom. The van der Waals surface area contributed by atoms with Crippen LogP contribution in [0.4, 0.5) is 0 Å². The van der Waals surface area contributed by atoms with Crippen LogP contribution in [0, 0.1) is 0 Å². The number of rotatable bonds is 6. The monoisotopic (exact) mass is 378 g/mol. The van der Waals surface area contributed by atoms with E-state index in [2.05, 4.69) is 36.9 Å². The lowest BCUT2D eigenvalue weighted by molar-refractivity contribution is -0.137. The zero-order valence-electron chi connectivity index (χ0n) is 14.2.